The fraction of sp³-hybridized carbons (Fsp3) is 0.375. The maximum atomic E-state index is 12.3. The molecule has 4 rings (SSSR count). The highest BCUT2D eigenvalue weighted by atomic mass is 16.6. The Hall–Kier alpha value is -3.19. The van der Waals surface area contributed by atoms with E-state index in [1.54, 1.807) is 43.4 Å². The Morgan fingerprint density at radius 1 is 1.13 bits per heavy atom. The average molecular weight is 422 g/mol. The van der Waals surface area contributed by atoms with Gasteiger partial charge in [0.25, 0.3) is 0 Å². The summed E-state index contributed by atoms with van der Waals surface area (Å²) in [6.45, 7) is 0. The van der Waals surface area contributed by atoms with Crippen molar-refractivity contribution in [2.45, 2.75) is 37.9 Å². The van der Waals surface area contributed by atoms with Gasteiger partial charge in [-0.25, -0.2) is 14.6 Å². The monoisotopic (exact) mass is 422 g/mol. The van der Waals surface area contributed by atoms with E-state index in [0.29, 0.717) is 17.2 Å². The van der Waals surface area contributed by atoms with Crippen molar-refractivity contribution >= 4 is 18.3 Å². The third kappa shape index (κ3) is 4.94. The lowest BCUT2D eigenvalue weighted by Gasteiger charge is -2.25. The molecule has 7 nitrogen and oxygen atoms in total. The average Bonchev–Trinajstić information content (AvgIpc) is 3.38. The Kier molecular flexibility index (Phi) is 6.32. The minimum absolute atomic E-state index is 0.131. The summed E-state index contributed by atoms with van der Waals surface area (Å²) in [5.74, 6) is 0.0213. The van der Waals surface area contributed by atoms with Crippen LogP contribution in [-0.4, -0.2) is 47.6 Å². The predicted molar refractivity (Wildman–Crippen MR) is 115 cm³/mol. The van der Waals surface area contributed by atoms with Crippen LogP contribution in [0.4, 0.5) is 4.79 Å². The molecule has 2 bridgehead atoms. The van der Waals surface area contributed by atoms with Crippen molar-refractivity contribution in [2.24, 2.45) is 16.9 Å². The summed E-state index contributed by atoms with van der Waals surface area (Å²) in [4.78, 5) is 23.3. The highest BCUT2D eigenvalue weighted by molar-refractivity contribution is 5.87. The number of aryl methyl sites for hydroxylation is 1. The molecule has 2 aliphatic rings. The highest BCUT2D eigenvalue weighted by Crippen LogP contribution is 2.44. The molecular weight excluding hydrogens is 396 g/mol. The molecule has 2 aromatic carbocycles. The second-order valence-corrected chi connectivity index (χ2v) is 8.04. The molecule has 2 aromatic rings. The molecule has 2 saturated heterocycles. The number of carboxylic acids is 1. The van der Waals surface area contributed by atoms with Crippen LogP contribution in [0.2, 0.25) is 0 Å². The Balaban J connectivity index is 1.36. The van der Waals surface area contributed by atoms with E-state index in [4.69, 9.17) is 14.6 Å². The number of ether oxygens (including phenoxy) is 2. The predicted octanol–water partition coefficient (Wildman–Crippen LogP) is 4.23. The number of fused-ring (bicyclic) bond motifs is 2. The number of benzene rings is 2. The second-order valence-electron chi connectivity index (χ2n) is 8.04. The van der Waals surface area contributed by atoms with Crippen molar-refractivity contribution in [3.8, 4) is 5.75 Å². The van der Waals surface area contributed by atoms with Gasteiger partial charge < -0.3 is 14.6 Å². The van der Waals surface area contributed by atoms with Crippen molar-refractivity contribution in [3.63, 3.8) is 0 Å². The second kappa shape index (κ2) is 9.31. The van der Waals surface area contributed by atoms with E-state index in [1.807, 2.05) is 24.4 Å². The van der Waals surface area contributed by atoms with Gasteiger partial charge in [-0.1, -0.05) is 30.3 Å². The van der Waals surface area contributed by atoms with Gasteiger partial charge >= 0.3 is 12.1 Å². The van der Waals surface area contributed by atoms with Crippen LogP contribution in [0.3, 0.4) is 0 Å². The number of carbonyl (C=O) groups excluding carboxylic acids is 1. The number of amides is 1. The lowest BCUT2D eigenvalue weighted by atomic mass is 9.77. The number of hydrazone groups is 1. The van der Waals surface area contributed by atoms with Gasteiger partial charge in [0.05, 0.1) is 17.8 Å². The van der Waals surface area contributed by atoms with Gasteiger partial charge in [-0.2, -0.15) is 5.10 Å². The van der Waals surface area contributed by atoms with E-state index < -0.39 is 12.1 Å². The van der Waals surface area contributed by atoms with Crippen LogP contribution in [0.1, 0.15) is 35.2 Å². The number of aromatic carboxylic acids is 1. The highest BCUT2D eigenvalue weighted by Gasteiger charge is 2.47. The van der Waals surface area contributed by atoms with Crippen molar-refractivity contribution in [3.05, 3.63) is 65.7 Å². The van der Waals surface area contributed by atoms with Gasteiger partial charge in [0.2, 0.25) is 0 Å². The summed E-state index contributed by atoms with van der Waals surface area (Å²) in [5.41, 5.74) is 1.40. The summed E-state index contributed by atoms with van der Waals surface area (Å²) >= 11 is 0. The zero-order valence-electron chi connectivity index (χ0n) is 17.4. The largest absolute Gasteiger partial charge is 0.478 e. The molecule has 0 aromatic heterocycles. The zero-order valence-corrected chi connectivity index (χ0v) is 17.4. The van der Waals surface area contributed by atoms with Crippen LogP contribution in [0.25, 0.3) is 0 Å². The summed E-state index contributed by atoms with van der Waals surface area (Å²) in [7, 11) is 1.58. The fourth-order valence-electron chi connectivity index (χ4n) is 4.42. The zero-order chi connectivity index (χ0) is 21.8. The normalized spacial score (nSPS) is 24.4. The number of carbonyl (C=O) groups is 2. The molecule has 2 heterocycles. The standard InChI is InChI=1S/C24H26N2O5/c1-26(24(29)30-18-5-3-2-4-6-18)25-15-20-19(21-13-14-22(20)31-21)12-9-16-7-10-17(11-8-16)23(27)28/h2-8,10-11,15,19-22H,9,12-14H2,1H3,(H,27,28)/t19-,20-,21-,22+/m1/s1. The first kappa shape index (κ1) is 21.1. The minimum Gasteiger partial charge on any atom is -0.478 e. The van der Waals surface area contributed by atoms with Crippen LogP contribution >= 0.6 is 0 Å². The molecule has 2 aliphatic heterocycles. The lowest BCUT2D eigenvalue weighted by Crippen LogP contribution is -2.31. The first-order chi connectivity index (χ1) is 15.0. The molecule has 2 fully saturated rings. The van der Waals surface area contributed by atoms with Gasteiger partial charge in [-0.15, -0.1) is 0 Å². The van der Waals surface area contributed by atoms with Gasteiger partial charge in [0, 0.05) is 19.2 Å². The Morgan fingerprint density at radius 3 is 2.55 bits per heavy atom. The molecular formula is C24H26N2O5. The molecule has 7 heteroatoms. The van der Waals surface area contributed by atoms with E-state index in [2.05, 4.69) is 5.10 Å². The number of carboxylic acid groups (broad SMARTS) is 1. The molecule has 162 valence electrons. The topological polar surface area (TPSA) is 88.4 Å². The molecule has 0 unspecified atom stereocenters. The third-order valence-corrected chi connectivity index (χ3v) is 6.08. The third-order valence-electron chi connectivity index (χ3n) is 6.08. The molecule has 0 spiro atoms. The maximum absolute atomic E-state index is 12.3. The van der Waals surface area contributed by atoms with E-state index in [0.717, 1.165) is 31.2 Å². The van der Waals surface area contributed by atoms with Crippen LogP contribution in [-0.2, 0) is 11.2 Å². The lowest BCUT2D eigenvalue weighted by molar-refractivity contribution is 0.0696. The summed E-state index contributed by atoms with van der Waals surface area (Å²) < 4.78 is 11.4. The molecule has 1 N–H and O–H groups in total. The Labute approximate surface area is 181 Å². The summed E-state index contributed by atoms with van der Waals surface area (Å²) in [6, 6.07) is 15.9. The summed E-state index contributed by atoms with van der Waals surface area (Å²) in [5, 5.41) is 14.6. The van der Waals surface area contributed by atoms with Crippen LogP contribution in [0, 0.1) is 11.8 Å². The van der Waals surface area contributed by atoms with Crippen molar-refractivity contribution in [1.29, 1.82) is 0 Å². The molecule has 0 aliphatic carbocycles. The van der Waals surface area contributed by atoms with Gasteiger partial charge in [-0.05, 0) is 61.4 Å². The van der Waals surface area contributed by atoms with Crippen LogP contribution < -0.4 is 4.74 Å². The number of para-hydroxylation sites is 1. The van der Waals surface area contributed by atoms with Gasteiger partial charge in [0.15, 0.2) is 0 Å². The Bertz CT molecular complexity index is 944. The molecule has 0 saturated carbocycles. The number of nitrogens with zero attached hydrogens (tertiary/aromatic N) is 2. The molecule has 1 amide bonds. The molecule has 31 heavy (non-hydrogen) atoms. The number of rotatable bonds is 7. The minimum atomic E-state index is -0.917. The molecule has 0 radical (unpaired) electrons. The number of hydrogen-bond acceptors (Lipinski definition) is 5. The van der Waals surface area contributed by atoms with E-state index in [1.165, 1.54) is 5.01 Å². The summed E-state index contributed by atoms with van der Waals surface area (Å²) in [6.07, 6.45) is 5.44. The van der Waals surface area contributed by atoms with E-state index >= 15 is 0 Å². The van der Waals surface area contributed by atoms with Crippen LogP contribution in [0.15, 0.2) is 59.7 Å². The van der Waals surface area contributed by atoms with E-state index in [-0.39, 0.29) is 18.1 Å². The van der Waals surface area contributed by atoms with Crippen molar-refractivity contribution in [2.75, 3.05) is 7.05 Å². The smallest absolute Gasteiger partial charge is 0.435 e. The number of hydrogen-bond donors (Lipinski definition) is 1. The first-order valence-electron chi connectivity index (χ1n) is 10.5. The fourth-order valence-corrected chi connectivity index (χ4v) is 4.42. The molecule has 4 atom stereocenters. The van der Waals surface area contributed by atoms with Crippen molar-refractivity contribution < 1.29 is 24.2 Å². The first-order valence-corrected chi connectivity index (χ1v) is 10.5. The van der Waals surface area contributed by atoms with Crippen LogP contribution in [0.5, 0.6) is 5.75 Å². The van der Waals surface area contributed by atoms with Gasteiger partial charge in [0.1, 0.15) is 5.75 Å². The quantitative estimate of drug-likeness (QED) is 0.533. The SMILES string of the molecule is CN(N=C[C@@H]1[C@@H](CCc2ccc(C(=O)O)cc2)[C@H]2CC[C@@H]1O2)C(=O)Oc1ccccc1. The Morgan fingerprint density at radius 2 is 1.84 bits per heavy atom. The van der Waals surface area contributed by atoms with E-state index in [9.17, 15) is 9.59 Å². The van der Waals surface area contributed by atoms with Crippen molar-refractivity contribution in [1.82, 2.24) is 5.01 Å². The van der Waals surface area contributed by atoms with Gasteiger partial charge in [-0.3, -0.25) is 0 Å². The maximum Gasteiger partial charge on any atom is 0.435 e.